The van der Waals surface area contributed by atoms with Crippen molar-refractivity contribution in [2.45, 2.75) is 59.4 Å². The molecule has 20 heavy (non-hydrogen) atoms. The molecule has 0 aromatic heterocycles. The third-order valence-electron chi connectivity index (χ3n) is 5.37. The number of piperidine rings is 1. The van der Waals surface area contributed by atoms with Gasteiger partial charge in [0.05, 0.1) is 0 Å². The average Bonchev–Trinajstić information content (AvgIpc) is 2.39. The van der Waals surface area contributed by atoms with Gasteiger partial charge in [0.2, 0.25) is 0 Å². The second-order valence-electron chi connectivity index (χ2n) is 7.47. The fourth-order valence-electron chi connectivity index (χ4n) is 4.27. The molecule has 0 aliphatic carbocycles. The second kappa shape index (κ2) is 5.52. The summed E-state index contributed by atoms with van der Waals surface area (Å²) in [5.74, 6) is 1.78. The first-order valence-electron chi connectivity index (χ1n) is 8.38. The molecule has 1 saturated heterocycles. The number of benzene rings is 1. The van der Waals surface area contributed by atoms with Gasteiger partial charge in [-0.15, -0.1) is 0 Å². The average molecular weight is 271 g/mol. The van der Waals surface area contributed by atoms with Crippen molar-refractivity contribution in [1.82, 2.24) is 4.90 Å². The van der Waals surface area contributed by atoms with Crippen LogP contribution < -0.4 is 0 Å². The molecule has 2 heterocycles. The Hall–Kier alpha value is -0.820. The van der Waals surface area contributed by atoms with Crippen molar-refractivity contribution in [1.29, 1.82) is 0 Å². The van der Waals surface area contributed by atoms with Crippen molar-refractivity contribution < 1.29 is 0 Å². The first-order chi connectivity index (χ1) is 9.54. The Balaban J connectivity index is 1.80. The number of hydrogen-bond donors (Lipinski definition) is 0. The second-order valence-corrected chi connectivity index (χ2v) is 7.47. The van der Waals surface area contributed by atoms with E-state index in [1.807, 2.05) is 0 Å². The predicted molar refractivity (Wildman–Crippen MR) is 86.1 cm³/mol. The van der Waals surface area contributed by atoms with Crippen LogP contribution in [-0.2, 0) is 6.42 Å². The molecule has 0 saturated carbocycles. The summed E-state index contributed by atoms with van der Waals surface area (Å²) in [6, 6.07) is 5.63. The molecule has 0 radical (unpaired) electrons. The zero-order chi connectivity index (χ0) is 14.3. The molecule has 2 atom stereocenters. The van der Waals surface area contributed by atoms with Crippen molar-refractivity contribution in [2.24, 2.45) is 11.8 Å². The van der Waals surface area contributed by atoms with Crippen molar-refractivity contribution in [3.8, 4) is 0 Å². The number of nitrogens with zero attached hydrogens (tertiary/aromatic N) is 1. The van der Waals surface area contributed by atoms with E-state index in [0.717, 1.165) is 11.8 Å². The van der Waals surface area contributed by atoms with E-state index in [1.54, 1.807) is 11.1 Å². The van der Waals surface area contributed by atoms with E-state index in [9.17, 15) is 0 Å². The normalized spacial score (nSPS) is 26.4. The molecule has 2 aliphatic rings. The summed E-state index contributed by atoms with van der Waals surface area (Å²) >= 11 is 0. The van der Waals surface area contributed by atoms with E-state index >= 15 is 0 Å². The van der Waals surface area contributed by atoms with Gasteiger partial charge in [0.25, 0.3) is 0 Å². The summed E-state index contributed by atoms with van der Waals surface area (Å²) in [5.41, 5.74) is 6.19. The number of rotatable bonds is 2. The number of aryl methyl sites for hydroxylation is 2. The maximum atomic E-state index is 2.77. The Labute approximate surface area is 124 Å². The van der Waals surface area contributed by atoms with Gasteiger partial charge < -0.3 is 0 Å². The Morgan fingerprint density at radius 3 is 2.65 bits per heavy atom. The summed E-state index contributed by atoms with van der Waals surface area (Å²) in [6.07, 6.45) is 5.45. The van der Waals surface area contributed by atoms with Gasteiger partial charge in [-0.2, -0.15) is 0 Å². The summed E-state index contributed by atoms with van der Waals surface area (Å²) in [7, 11) is 0. The Morgan fingerprint density at radius 2 is 1.90 bits per heavy atom. The van der Waals surface area contributed by atoms with Gasteiger partial charge in [-0.05, 0) is 73.6 Å². The third-order valence-corrected chi connectivity index (χ3v) is 5.37. The standard InChI is InChI=1S/C19H29N/c1-13(2)9-16-5-6-19-18-11-15(4)14(3)10-17(18)7-8-20(19)12-16/h10-11,13,16,19H,5-9,12H2,1-4H3/t16-,19?/m1/s1. The van der Waals surface area contributed by atoms with E-state index in [-0.39, 0.29) is 0 Å². The van der Waals surface area contributed by atoms with Gasteiger partial charge in [-0.1, -0.05) is 26.0 Å². The van der Waals surface area contributed by atoms with Gasteiger partial charge >= 0.3 is 0 Å². The number of hydrogen-bond acceptors (Lipinski definition) is 1. The van der Waals surface area contributed by atoms with Crippen LogP contribution in [0, 0.1) is 25.7 Å². The van der Waals surface area contributed by atoms with Crippen LogP contribution in [0.2, 0.25) is 0 Å². The molecule has 2 aliphatic heterocycles. The van der Waals surface area contributed by atoms with Crippen LogP contribution >= 0.6 is 0 Å². The minimum atomic E-state index is 0.710. The lowest BCUT2D eigenvalue weighted by Crippen LogP contribution is -2.42. The predicted octanol–water partition coefficient (Wildman–Crippen LogP) is 4.66. The van der Waals surface area contributed by atoms with Crippen LogP contribution in [-0.4, -0.2) is 18.0 Å². The first kappa shape index (κ1) is 14.1. The minimum Gasteiger partial charge on any atom is -0.296 e. The SMILES string of the molecule is Cc1cc2c(cc1C)C1CC[C@H](CC(C)C)CN1CC2. The summed E-state index contributed by atoms with van der Waals surface area (Å²) in [5, 5.41) is 0. The molecule has 1 heteroatoms. The smallest absolute Gasteiger partial charge is 0.0351 e. The van der Waals surface area contributed by atoms with Crippen LogP contribution in [0.15, 0.2) is 12.1 Å². The zero-order valence-electron chi connectivity index (χ0n) is 13.6. The highest BCUT2D eigenvalue weighted by Crippen LogP contribution is 2.40. The first-order valence-corrected chi connectivity index (χ1v) is 8.38. The quantitative estimate of drug-likeness (QED) is 0.756. The van der Waals surface area contributed by atoms with Gasteiger partial charge in [0.15, 0.2) is 0 Å². The molecule has 0 bridgehead atoms. The molecule has 0 amide bonds. The third kappa shape index (κ3) is 2.65. The maximum Gasteiger partial charge on any atom is 0.0351 e. The van der Waals surface area contributed by atoms with E-state index in [4.69, 9.17) is 0 Å². The molecule has 0 N–H and O–H groups in total. The van der Waals surface area contributed by atoms with E-state index in [0.29, 0.717) is 6.04 Å². The van der Waals surface area contributed by atoms with E-state index < -0.39 is 0 Å². The van der Waals surface area contributed by atoms with Crippen LogP contribution in [0.3, 0.4) is 0 Å². The van der Waals surface area contributed by atoms with Crippen LogP contribution in [0.1, 0.15) is 61.4 Å². The highest BCUT2D eigenvalue weighted by atomic mass is 15.2. The topological polar surface area (TPSA) is 3.24 Å². The van der Waals surface area contributed by atoms with Crippen LogP contribution in [0.4, 0.5) is 0 Å². The minimum absolute atomic E-state index is 0.710. The lowest BCUT2D eigenvalue weighted by Gasteiger charge is -2.44. The summed E-state index contributed by atoms with van der Waals surface area (Å²) in [6.45, 7) is 11.8. The lowest BCUT2D eigenvalue weighted by molar-refractivity contribution is 0.0896. The molecule has 1 aromatic carbocycles. The molecule has 1 fully saturated rings. The maximum absolute atomic E-state index is 2.77. The van der Waals surface area contributed by atoms with Crippen molar-refractivity contribution in [3.63, 3.8) is 0 Å². The molecular weight excluding hydrogens is 242 g/mol. The Bertz CT molecular complexity index is 489. The van der Waals surface area contributed by atoms with E-state index in [1.165, 1.54) is 49.9 Å². The van der Waals surface area contributed by atoms with E-state index in [2.05, 4.69) is 44.7 Å². The molecular formula is C19H29N. The largest absolute Gasteiger partial charge is 0.296 e. The number of fused-ring (bicyclic) bond motifs is 3. The fourth-order valence-corrected chi connectivity index (χ4v) is 4.27. The highest BCUT2D eigenvalue weighted by Gasteiger charge is 2.33. The molecule has 1 aromatic rings. The molecule has 110 valence electrons. The van der Waals surface area contributed by atoms with Gasteiger partial charge in [-0.25, -0.2) is 0 Å². The molecule has 3 rings (SSSR count). The molecule has 1 nitrogen and oxygen atoms in total. The van der Waals surface area contributed by atoms with Gasteiger partial charge in [0, 0.05) is 19.1 Å². The van der Waals surface area contributed by atoms with Crippen molar-refractivity contribution in [3.05, 3.63) is 34.4 Å². The Morgan fingerprint density at radius 1 is 1.15 bits per heavy atom. The lowest BCUT2D eigenvalue weighted by atomic mass is 9.80. The molecule has 1 unspecified atom stereocenters. The van der Waals surface area contributed by atoms with Gasteiger partial charge in [-0.3, -0.25) is 4.90 Å². The van der Waals surface area contributed by atoms with Crippen molar-refractivity contribution >= 4 is 0 Å². The molecule has 0 spiro atoms. The summed E-state index contributed by atoms with van der Waals surface area (Å²) < 4.78 is 0. The highest BCUT2D eigenvalue weighted by molar-refractivity contribution is 5.40. The monoisotopic (exact) mass is 271 g/mol. The fraction of sp³-hybridized carbons (Fsp3) is 0.684. The van der Waals surface area contributed by atoms with Gasteiger partial charge in [0.1, 0.15) is 0 Å². The van der Waals surface area contributed by atoms with Crippen LogP contribution in [0.5, 0.6) is 0 Å². The Kier molecular flexibility index (Phi) is 3.90. The van der Waals surface area contributed by atoms with Crippen LogP contribution in [0.25, 0.3) is 0 Å². The van der Waals surface area contributed by atoms with Crippen molar-refractivity contribution in [2.75, 3.05) is 13.1 Å². The summed E-state index contributed by atoms with van der Waals surface area (Å²) in [4.78, 5) is 2.77. The zero-order valence-corrected chi connectivity index (χ0v) is 13.6.